The highest BCUT2D eigenvalue weighted by molar-refractivity contribution is 7.97. The van der Waals surface area contributed by atoms with Crippen LogP contribution in [0, 0.1) is 30.1 Å². The number of methoxy groups -OCH3 is 1. The number of esters is 1. The molecule has 4 aliphatic carbocycles. The number of rotatable bonds is 7. The molecule has 4 saturated carbocycles. The van der Waals surface area contributed by atoms with Gasteiger partial charge < -0.3 is 14.6 Å². The van der Waals surface area contributed by atoms with E-state index in [1.165, 1.54) is 14.0 Å². The van der Waals surface area contributed by atoms with E-state index >= 15 is 0 Å². The Kier molecular flexibility index (Phi) is 8.13. The van der Waals surface area contributed by atoms with Crippen molar-refractivity contribution < 1.29 is 55.3 Å². The first-order chi connectivity index (χ1) is 22.0. The molecule has 0 spiro atoms. The quantitative estimate of drug-likeness (QED) is 0.117. The molecule has 0 aliphatic heterocycles. The molecule has 4 bridgehead atoms. The van der Waals surface area contributed by atoms with Gasteiger partial charge in [0, 0.05) is 17.9 Å². The number of ether oxygens (including phenoxy) is 2. The molecule has 248 valence electrons. The minimum atomic E-state index is -4.67. The van der Waals surface area contributed by atoms with Crippen LogP contribution in [0.1, 0.15) is 59.2 Å². The number of carboxylic acid groups (broad SMARTS) is 1. The van der Waals surface area contributed by atoms with E-state index in [0.717, 1.165) is 67.4 Å². The van der Waals surface area contributed by atoms with E-state index in [1.807, 2.05) is 0 Å². The van der Waals surface area contributed by atoms with Crippen LogP contribution in [0.2, 0.25) is 0 Å². The predicted octanol–water partition coefficient (Wildman–Crippen LogP) is 8.14. The maximum Gasteiger partial charge on any atom is 0.416 e. The monoisotopic (exact) mass is 679 g/mol. The summed E-state index contributed by atoms with van der Waals surface area (Å²) >= 11 is 0. The van der Waals surface area contributed by atoms with Crippen molar-refractivity contribution in [2.24, 2.45) is 23.2 Å². The molecule has 0 saturated heterocycles. The molecular weight excluding hydrogens is 650 g/mol. The number of carboxylic acids is 1. The molecule has 7 rings (SSSR count). The molecule has 1 N–H and O–H groups in total. The zero-order valence-corrected chi connectivity index (χ0v) is 25.9. The first kappa shape index (κ1) is 32.9. The Hall–Kier alpha value is -4.00. The summed E-state index contributed by atoms with van der Waals surface area (Å²) in [4.78, 5) is 39.8. The zero-order valence-electron chi connectivity index (χ0n) is 25.1. The van der Waals surface area contributed by atoms with Gasteiger partial charge in [0.2, 0.25) is 0 Å². The van der Waals surface area contributed by atoms with Crippen LogP contribution < -0.4 is 9.47 Å². The van der Waals surface area contributed by atoms with Crippen LogP contribution in [0.15, 0.2) is 69.3 Å². The average Bonchev–Trinajstić information content (AvgIpc) is 3.00. The number of halogens is 6. The standard InChI is InChI=1S/C34H28F6O6S/c1-17-28(46-31(44)32-14-18-11-19(15-32)27(41)20(12-18)16-32)26(45-2)13-25(30(42)43)29(17)47(23-7-3-21(4-8-23)33(35,36)37)24-9-5-22(6-10-24)34(38,39)40/h3-10,13,18-20H,11-12,14-16H2,1-2H3/p+1. The Morgan fingerprint density at radius 3 is 1.77 bits per heavy atom. The average molecular weight is 680 g/mol. The van der Waals surface area contributed by atoms with Crippen LogP contribution in [-0.4, -0.2) is 29.9 Å². The molecule has 0 aromatic heterocycles. The lowest BCUT2D eigenvalue weighted by molar-refractivity contribution is -0.167. The highest BCUT2D eigenvalue weighted by Crippen LogP contribution is 2.59. The Balaban J connectivity index is 1.50. The van der Waals surface area contributed by atoms with Gasteiger partial charge in [0.05, 0.1) is 29.2 Å². The number of carbonyl (C=O) groups is 3. The molecule has 0 radical (unpaired) electrons. The first-order valence-electron chi connectivity index (χ1n) is 14.8. The predicted molar refractivity (Wildman–Crippen MR) is 156 cm³/mol. The molecular formula is C34H29F6O6S+. The number of ketones is 1. The van der Waals surface area contributed by atoms with Crippen LogP contribution in [-0.2, 0) is 32.8 Å². The molecule has 0 heterocycles. The van der Waals surface area contributed by atoms with Crippen molar-refractivity contribution in [3.8, 4) is 11.5 Å². The zero-order chi connectivity index (χ0) is 34.1. The van der Waals surface area contributed by atoms with E-state index in [-0.39, 0.29) is 60.8 Å². The fraction of sp³-hybridized carbons (Fsp3) is 0.382. The van der Waals surface area contributed by atoms with E-state index in [9.17, 15) is 45.8 Å². The topological polar surface area (TPSA) is 89.9 Å². The smallest absolute Gasteiger partial charge is 0.416 e. The normalized spacial score (nSPS) is 23.7. The van der Waals surface area contributed by atoms with Gasteiger partial charge in [-0.15, -0.1) is 0 Å². The SMILES string of the molecule is COc1cc(C(=O)O)c([S+](c2ccc(C(F)(F)F)cc2)c2ccc(C(F)(F)F)cc2)c(C)c1OC(=O)C12CC3CC(C1)C(=O)C(C3)C2. The number of aromatic carboxylic acids is 1. The summed E-state index contributed by atoms with van der Waals surface area (Å²) in [6.45, 7) is 1.48. The first-order valence-corrected chi connectivity index (χ1v) is 16.0. The highest BCUT2D eigenvalue weighted by atomic mass is 32.2. The van der Waals surface area contributed by atoms with Gasteiger partial charge in [-0.1, -0.05) is 0 Å². The lowest BCUT2D eigenvalue weighted by atomic mass is 9.49. The Labute approximate surface area is 268 Å². The lowest BCUT2D eigenvalue weighted by Gasteiger charge is -2.53. The molecule has 47 heavy (non-hydrogen) atoms. The van der Waals surface area contributed by atoms with E-state index in [2.05, 4.69) is 0 Å². The van der Waals surface area contributed by atoms with Crippen molar-refractivity contribution in [3.05, 3.63) is 76.9 Å². The Morgan fingerprint density at radius 1 is 0.851 bits per heavy atom. The van der Waals surface area contributed by atoms with E-state index in [1.54, 1.807) is 0 Å². The van der Waals surface area contributed by atoms with Crippen LogP contribution in [0.25, 0.3) is 0 Å². The summed E-state index contributed by atoms with van der Waals surface area (Å²) in [6, 6.07) is 9.00. The molecule has 13 heteroatoms. The third-order valence-corrected chi connectivity index (χ3v) is 12.0. The van der Waals surface area contributed by atoms with Crippen LogP contribution in [0.4, 0.5) is 26.3 Å². The van der Waals surface area contributed by atoms with Crippen molar-refractivity contribution in [1.29, 1.82) is 0 Å². The third-order valence-electron chi connectivity index (χ3n) is 9.54. The summed E-state index contributed by atoms with van der Waals surface area (Å²) in [5, 5.41) is 10.3. The van der Waals surface area contributed by atoms with Crippen molar-refractivity contribution in [2.45, 2.75) is 66.1 Å². The minimum Gasteiger partial charge on any atom is -0.493 e. The van der Waals surface area contributed by atoms with Crippen molar-refractivity contribution in [2.75, 3.05) is 7.11 Å². The molecule has 3 aromatic carbocycles. The van der Waals surface area contributed by atoms with E-state index in [0.29, 0.717) is 19.3 Å². The van der Waals surface area contributed by atoms with Crippen molar-refractivity contribution >= 4 is 28.6 Å². The van der Waals surface area contributed by atoms with Gasteiger partial charge in [0.15, 0.2) is 26.2 Å². The maximum atomic E-state index is 14.0. The fourth-order valence-electron chi connectivity index (χ4n) is 7.58. The number of hydrogen-bond donors (Lipinski definition) is 1. The van der Waals surface area contributed by atoms with Crippen LogP contribution in [0.5, 0.6) is 11.5 Å². The Morgan fingerprint density at radius 2 is 1.34 bits per heavy atom. The van der Waals surface area contributed by atoms with Gasteiger partial charge in [-0.05, 0) is 93.5 Å². The second kappa shape index (κ2) is 11.6. The van der Waals surface area contributed by atoms with Gasteiger partial charge in [0.25, 0.3) is 0 Å². The second-order valence-electron chi connectivity index (χ2n) is 12.5. The molecule has 6 nitrogen and oxygen atoms in total. The van der Waals surface area contributed by atoms with Crippen LogP contribution >= 0.6 is 0 Å². The summed E-state index contributed by atoms with van der Waals surface area (Å²) in [5.41, 5.74) is -3.05. The van der Waals surface area contributed by atoms with Gasteiger partial charge in [-0.3, -0.25) is 9.59 Å². The maximum absolute atomic E-state index is 14.0. The van der Waals surface area contributed by atoms with E-state index in [4.69, 9.17) is 9.47 Å². The van der Waals surface area contributed by atoms with Gasteiger partial charge in [0.1, 0.15) is 22.2 Å². The Bertz CT molecular complexity index is 1670. The van der Waals surface area contributed by atoms with Gasteiger partial charge in [-0.25, -0.2) is 4.79 Å². The molecule has 4 fully saturated rings. The number of hydrogen-bond acceptors (Lipinski definition) is 5. The minimum absolute atomic E-state index is 0.0290. The fourth-order valence-corrected chi connectivity index (χ4v) is 9.91. The van der Waals surface area contributed by atoms with Crippen molar-refractivity contribution in [1.82, 2.24) is 0 Å². The summed E-state index contributed by atoms with van der Waals surface area (Å²) in [7, 11) is -0.330. The summed E-state index contributed by atoms with van der Waals surface area (Å²) in [5.74, 6) is -2.28. The summed E-state index contributed by atoms with van der Waals surface area (Å²) < 4.78 is 92.2. The highest BCUT2D eigenvalue weighted by Gasteiger charge is 2.59. The molecule has 2 atom stereocenters. The number of Topliss-reactive ketones (excluding diaryl/α,β-unsaturated/α-hetero) is 1. The van der Waals surface area contributed by atoms with E-state index < -0.39 is 51.7 Å². The number of alkyl halides is 6. The van der Waals surface area contributed by atoms with Gasteiger partial charge in [-0.2, -0.15) is 26.3 Å². The second-order valence-corrected chi connectivity index (χ2v) is 14.4. The molecule has 2 unspecified atom stereocenters. The number of benzene rings is 3. The number of carbonyl (C=O) groups excluding carboxylic acids is 2. The molecule has 4 aliphatic rings. The molecule has 0 amide bonds. The van der Waals surface area contributed by atoms with Gasteiger partial charge >= 0.3 is 24.3 Å². The van der Waals surface area contributed by atoms with Crippen LogP contribution in [0.3, 0.4) is 0 Å². The largest absolute Gasteiger partial charge is 0.493 e. The lowest BCUT2D eigenvalue weighted by Crippen LogP contribution is -2.55. The third kappa shape index (κ3) is 5.87. The summed E-state index contributed by atoms with van der Waals surface area (Å²) in [6.07, 6.45) is -6.63. The van der Waals surface area contributed by atoms with Crippen molar-refractivity contribution in [3.63, 3.8) is 0 Å². The molecule has 3 aromatic rings.